The summed E-state index contributed by atoms with van der Waals surface area (Å²) in [5.74, 6) is -1.84. The fourth-order valence-electron chi connectivity index (χ4n) is 1.71. The van der Waals surface area contributed by atoms with Crippen LogP contribution in [0.25, 0.3) is 11.0 Å². The van der Waals surface area contributed by atoms with Gasteiger partial charge >= 0.3 is 11.6 Å². The van der Waals surface area contributed by atoms with Crippen LogP contribution in [0.1, 0.15) is 17.3 Å². The zero-order valence-corrected chi connectivity index (χ0v) is 11.8. The predicted octanol–water partition coefficient (Wildman–Crippen LogP) is 2.05. The number of halogens is 1. The second-order valence-electron chi connectivity index (χ2n) is 3.74. The van der Waals surface area contributed by atoms with E-state index >= 15 is 0 Å². The van der Waals surface area contributed by atoms with Crippen LogP contribution in [0.15, 0.2) is 27.4 Å². The first-order chi connectivity index (χ1) is 8.91. The van der Waals surface area contributed by atoms with Crippen molar-refractivity contribution >= 4 is 51.1 Å². The van der Waals surface area contributed by atoms with E-state index < -0.39 is 17.5 Å². The zero-order valence-electron chi connectivity index (χ0n) is 9.69. The lowest BCUT2D eigenvalue weighted by Gasteiger charge is -2.09. The molecular weight excluding hydrogens is 365 g/mol. The molecule has 0 spiro atoms. The SMILES string of the molecule is CC(=O)Nc1c(C(=O)O)c2c(I)cccc2oc1=O. The fraction of sp³-hybridized carbons (Fsp3) is 0.0833. The summed E-state index contributed by atoms with van der Waals surface area (Å²) >= 11 is 1.94. The van der Waals surface area contributed by atoms with Crippen molar-refractivity contribution < 1.29 is 19.1 Å². The topological polar surface area (TPSA) is 96.6 Å². The minimum atomic E-state index is -1.30. The molecule has 98 valence electrons. The highest BCUT2D eigenvalue weighted by Crippen LogP contribution is 2.27. The average Bonchev–Trinajstić information content (AvgIpc) is 2.30. The average molecular weight is 373 g/mol. The number of benzene rings is 1. The van der Waals surface area contributed by atoms with Crippen molar-refractivity contribution in [3.8, 4) is 0 Å². The molecule has 0 saturated carbocycles. The van der Waals surface area contributed by atoms with Gasteiger partial charge in [0, 0.05) is 15.9 Å². The summed E-state index contributed by atoms with van der Waals surface area (Å²) in [5, 5.41) is 11.8. The van der Waals surface area contributed by atoms with Crippen molar-refractivity contribution in [1.82, 2.24) is 0 Å². The third-order valence-corrected chi connectivity index (χ3v) is 3.30. The maximum atomic E-state index is 11.8. The smallest absolute Gasteiger partial charge is 0.361 e. The molecule has 2 N–H and O–H groups in total. The summed E-state index contributed by atoms with van der Waals surface area (Å²) in [6, 6.07) is 4.84. The van der Waals surface area contributed by atoms with Crippen LogP contribution in [0.4, 0.5) is 5.69 Å². The van der Waals surface area contributed by atoms with Gasteiger partial charge in [-0.2, -0.15) is 0 Å². The Labute approximate surface area is 120 Å². The Morgan fingerprint density at radius 1 is 1.37 bits per heavy atom. The van der Waals surface area contributed by atoms with Gasteiger partial charge in [0.25, 0.3) is 0 Å². The second-order valence-corrected chi connectivity index (χ2v) is 4.90. The Hall–Kier alpha value is -1.90. The van der Waals surface area contributed by atoms with E-state index in [1.807, 2.05) is 22.6 Å². The molecule has 7 heteroatoms. The molecule has 0 radical (unpaired) electrons. The van der Waals surface area contributed by atoms with E-state index in [-0.39, 0.29) is 16.8 Å². The minimum Gasteiger partial charge on any atom is -0.478 e. The lowest BCUT2D eigenvalue weighted by Crippen LogP contribution is -2.19. The molecule has 0 bridgehead atoms. The van der Waals surface area contributed by atoms with Gasteiger partial charge in [-0.3, -0.25) is 4.79 Å². The standard InChI is InChI=1S/C12H8INO5/c1-5(15)14-10-9(11(16)17)8-6(13)3-2-4-7(8)19-12(10)18/h2-4H,1H3,(H,14,15)(H,16,17). The summed E-state index contributed by atoms with van der Waals surface area (Å²) in [5.41, 5.74) is -1.33. The largest absolute Gasteiger partial charge is 0.478 e. The van der Waals surface area contributed by atoms with Crippen molar-refractivity contribution in [3.05, 3.63) is 37.8 Å². The van der Waals surface area contributed by atoms with Gasteiger partial charge in [0.1, 0.15) is 16.8 Å². The van der Waals surface area contributed by atoms with E-state index in [9.17, 15) is 19.5 Å². The van der Waals surface area contributed by atoms with Gasteiger partial charge in [0.05, 0.1) is 0 Å². The highest BCUT2D eigenvalue weighted by molar-refractivity contribution is 14.1. The van der Waals surface area contributed by atoms with Crippen LogP contribution < -0.4 is 10.9 Å². The van der Waals surface area contributed by atoms with Crippen LogP contribution in [-0.2, 0) is 4.79 Å². The lowest BCUT2D eigenvalue weighted by molar-refractivity contribution is -0.114. The number of carboxylic acids is 1. The van der Waals surface area contributed by atoms with Crippen molar-refractivity contribution in [3.63, 3.8) is 0 Å². The number of fused-ring (bicyclic) bond motifs is 1. The molecule has 6 nitrogen and oxygen atoms in total. The number of hydrogen-bond donors (Lipinski definition) is 2. The van der Waals surface area contributed by atoms with E-state index in [2.05, 4.69) is 5.32 Å². The van der Waals surface area contributed by atoms with Gasteiger partial charge in [-0.15, -0.1) is 0 Å². The van der Waals surface area contributed by atoms with Gasteiger partial charge in [-0.05, 0) is 34.7 Å². The number of anilines is 1. The highest BCUT2D eigenvalue weighted by Gasteiger charge is 2.22. The molecule has 1 aromatic heterocycles. The van der Waals surface area contributed by atoms with E-state index in [1.54, 1.807) is 12.1 Å². The number of hydrogen-bond acceptors (Lipinski definition) is 4. The molecule has 2 rings (SSSR count). The van der Waals surface area contributed by atoms with Crippen LogP contribution in [0.5, 0.6) is 0 Å². The van der Waals surface area contributed by atoms with Crippen LogP contribution in [-0.4, -0.2) is 17.0 Å². The van der Waals surface area contributed by atoms with Crippen molar-refractivity contribution in [1.29, 1.82) is 0 Å². The zero-order chi connectivity index (χ0) is 14.2. The summed E-state index contributed by atoms with van der Waals surface area (Å²) in [4.78, 5) is 34.2. The third kappa shape index (κ3) is 2.46. The predicted molar refractivity (Wildman–Crippen MR) is 76.5 cm³/mol. The van der Waals surface area contributed by atoms with Crippen molar-refractivity contribution in [2.24, 2.45) is 0 Å². The first-order valence-electron chi connectivity index (χ1n) is 5.18. The van der Waals surface area contributed by atoms with Gasteiger partial charge in [-0.1, -0.05) is 6.07 Å². The van der Waals surface area contributed by atoms with E-state index in [1.165, 1.54) is 13.0 Å². The van der Waals surface area contributed by atoms with Gasteiger partial charge < -0.3 is 14.8 Å². The number of carbonyl (C=O) groups is 2. The molecule has 0 unspecified atom stereocenters. The van der Waals surface area contributed by atoms with Gasteiger partial charge in [0.15, 0.2) is 0 Å². The third-order valence-electron chi connectivity index (χ3n) is 2.40. The molecule has 0 saturated heterocycles. The summed E-state index contributed by atoms with van der Waals surface area (Å²) in [7, 11) is 0. The summed E-state index contributed by atoms with van der Waals surface area (Å²) in [6.07, 6.45) is 0. The molecule has 1 heterocycles. The summed E-state index contributed by atoms with van der Waals surface area (Å²) < 4.78 is 5.64. The van der Waals surface area contributed by atoms with Crippen molar-refractivity contribution in [2.75, 3.05) is 5.32 Å². The second kappa shape index (κ2) is 5.00. The number of aromatic carboxylic acids is 1. The maximum absolute atomic E-state index is 11.8. The van der Waals surface area contributed by atoms with E-state index in [0.717, 1.165) is 0 Å². The number of carboxylic acid groups (broad SMARTS) is 1. The Kier molecular flexibility index (Phi) is 3.56. The Morgan fingerprint density at radius 3 is 2.63 bits per heavy atom. The van der Waals surface area contributed by atoms with Gasteiger partial charge in [0.2, 0.25) is 5.91 Å². The Balaban J connectivity index is 2.96. The molecule has 0 aliphatic heterocycles. The number of rotatable bonds is 2. The van der Waals surface area contributed by atoms with Gasteiger partial charge in [-0.25, -0.2) is 9.59 Å². The minimum absolute atomic E-state index is 0.170. The quantitative estimate of drug-likeness (QED) is 0.621. The molecule has 0 aliphatic rings. The molecule has 0 atom stereocenters. The monoisotopic (exact) mass is 373 g/mol. The fourth-order valence-corrected chi connectivity index (χ4v) is 2.46. The lowest BCUT2D eigenvalue weighted by atomic mass is 10.1. The molecule has 19 heavy (non-hydrogen) atoms. The van der Waals surface area contributed by atoms with E-state index in [4.69, 9.17) is 4.42 Å². The van der Waals surface area contributed by atoms with Crippen LogP contribution in [0, 0.1) is 3.57 Å². The Bertz CT molecular complexity index is 750. The normalized spacial score (nSPS) is 10.4. The van der Waals surface area contributed by atoms with Crippen LogP contribution in [0.2, 0.25) is 0 Å². The highest BCUT2D eigenvalue weighted by atomic mass is 127. The molecule has 0 aliphatic carbocycles. The molecule has 1 aromatic carbocycles. The first-order valence-corrected chi connectivity index (χ1v) is 6.26. The van der Waals surface area contributed by atoms with Crippen LogP contribution in [0.3, 0.4) is 0 Å². The summed E-state index contributed by atoms with van der Waals surface area (Å²) in [6.45, 7) is 1.19. The van der Waals surface area contributed by atoms with Crippen molar-refractivity contribution in [2.45, 2.75) is 6.92 Å². The first kappa shape index (κ1) is 13.5. The Morgan fingerprint density at radius 2 is 2.05 bits per heavy atom. The molecular formula is C12H8INO5. The molecule has 1 amide bonds. The molecule has 0 fully saturated rings. The van der Waals surface area contributed by atoms with E-state index in [0.29, 0.717) is 8.96 Å². The number of carbonyl (C=O) groups excluding carboxylic acids is 1. The number of amides is 1. The maximum Gasteiger partial charge on any atom is 0.361 e. The number of nitrogens with one attached hydrogen (secondary N) is 1. The van der Waals surface area contributed by atoms with Crippen LogP contribution >= 0.6 is 22.6 Å². The molecule has 2 aromatic rings.